The number of cyclic esters (lactones) is 1. The van der Waals surface area contributed by atoms with Crippen molar-refractivity contribution >= 4 is 28.6 Å². The first-order chi connectivity index (χ1) is 15.5. The van der Waals surface area contributed by atoms with Gasteiger partial charge in [0.05, 0.1) is 35.5 Å². The van der Waals surface area contributed by atoms with E-state index in [2.05, 4.69) is 14.6 Å². The molecule has 4 aromatic rings. The molecular weight excluding hydrogens is 408 g/mol. The van der Waals surface area contributed by atoms with Crippen LogP contribution in [0.15, 0.2) is 49.2 Å². The Morgan fingerprint density at radius 1 is 1.22 bits per heavy atom. The number of hydrogen-bond acceptors (Lipinski definition) is 5. The Labute approximate surface area is 184 Å². The second kappa shape index (κ2) is 6.94. The molecular formula is C23H24N6O3. The van der Waals surface area contributed by atoms with E-state index in [-0.39, 0.29) is 18.0 Å². The van der Waals surface area contributed by atoms with E-state index in [1.807, 2.05) is 53.2 Å². The molecule has 1 atom stereocenters. The van der Waals surface area contributed by atoms with Gasteiger partial charge in [-0.25, -0.2) is 9.50 Å². The number of fused-ring (bicyclic) bond motifs is 2. The van der Waals surface area contributed by atoms with Crippen LogP contribution in [0.5, 0.6) is 0 Å². The molecule has 164 valence electrons. The van der Waals surface area contributed by atoms with Gasteiger partial charge in [-0.2, -0.15) is 5.10 Å². The number of nitrogens with zero attached hydrogens (tertiary/aromatic N) is 6. The van der Waals surface area contributed by atoms with Crippen LogP contribution >= 0.6 is 0 Å². The molecule has 0 aliphatic carbocycles. The number of para-hydroxylation sites is 2. The van der Waals surface area contributed by atoms with Crippen LogP contribution < -0.4 is 0 Å². The molecule has 9 heteroatoms. The van der Waals surface area contributed by atoms with Gasteiger partial charge in [-0.05, 0) is 25.0 Å². The summed E-state index contributed by atoms with van der Waals surface area (Å²) in [5.41, 5.74) is 2.84. The van der Waals surface area contributed by atoms with Gasteiger partial charge in [-0.3, -0.25) is 9.59 Å². The van der Waals surface area contributed by atoms with Crippen molar-refractivity contribution in [2.24, 2.45) is 12.5 Å². The minimum atomic E-state index is -0.503. The highest BCUT2D eigenvalue weighted by Crippen LogP contribution is 2.43. The summed E-state index contributed by atoms with van der Waals surface area (Å²) in [6.45, 7) is 1.67. The number of aromatic nitrogens is 5. The molecule has 0 N–H and O–H groups in total. The number of hydrogen-bond donors (Lipinski definition) is 0. The smallest absolute Gasteiger partial charge is 0.312 e. The van der Waals surface area contributed by atoms with Crippen molar-refractivity contribution in [2.45, 2.75) is 31.9 Å². The van der Waals surface area contributed by atoms with E-state index >= 15 is 0 Å². The Morgan fingerprint density at radius 2 is 2.03 bits per heavy atom. The van der Waals surface area contributed by atoms with Crippen molar-refractivity contribution < 1.29 is 14.3 Å². The van der Waals surface area contributed by atoms with E-state index in [0.29, 0.717) is 44.5 Å². The molecule has 2 fully saturated rings. The Morgan fingerprint density at radius 3 is 2.88 bits per heavy atom. The summed E-state index contributed by atoms with van der Waals surface area (Å²) in [6.07, 6.45) is 8.88. The van der Waals surface area contributed by atoms with Crippen molar-refractivity contribution in [2.75, 3.05) is 13.1 Å². The van der Waals surface area contributed by atoms with Crippen LogP contribution in [0.1, 0.15) is 29.6 Å². The second-order valence-electron chi connectivity index (χ2n) is 8.93. The number of rotatable bonds is 3. The summed E-state index contributed by atoms with van der Waals surface area (Å²) in [5, 5.41) is 4.27. The van der Waals surface area contributed by atoms with Gasteiger partial charge in [0.1, 0.15) is 17.3 Å². The lowest BCUT2D eigenvalue weighted by Crippen LogP contribution is -2.45. The van der Waals surface area contributed by atoms with Gasteiger partial charge in [0.15, 0.2) is 0 Å². The molecule has 0 bridgehead atoms. The Kier molecular flexibility index (Phi) is 4.14. The van der Waals surface area contributed by atoms with Crippen LogP contribution in [0.4, 0.5) is 0 Å². The lowest BCUT2D eigenvalue weighted by atomic mass is 9.76. The molecule has 6 rings (SSSR count). The highest BCUT2D eigenvalue weighted by molar-refractivity contribution is 6.00. The summed E-state index contributed by atoms with van der Waals surface area (Å²) >= 11 is 0. The standard InChI is InChI=1S/C23H24N6O3/c1-26-10-11-29-20(26)17(13-25-29)21(30)27-8-6-23(7-9-27)12-16(32-22(23)31)14-28-15-24-18-4-2-3-5-19(18)28/h2-5,10-11,13,15-16H,6-9,12,14H2,1H3. The number of likely N-dealkylation sites (tertiary alicyclic amines) is 1. The lowest BCUT2D eigenvalue weighted by molar-refractivity contribution is -0.150. The average Bonchev–Trinajstić information content (AvgIpc) is 3.55. The fourth-order valence-electron chi connectivity index (χ4n) is 5.23. The number of carbonyl (C=O) groups excluding carboxylic acids is 2. The third kappa shape index (κ3) is 2.84. The molecule has 2 saturated heterocycles. The van der Waals surface area contributed by atoms with Gasteiger partial charge in [-0.15, -0.1) is 0 Å². The summed E-state index contributed by atoms with van der Waals surface area (Å²) in [4.78, 5) is 32.3. The first kappa shape index (κ1) is 19.1. The lowest BCUT2D eigenvalue weighted by Gasteiger charge is -2.36. The van der Waals surface area contributed by atoms with E-state index in [0.717, 1.165) is 16.7 Å². The Balaban J connectivity index is 1.15. The van der Waals surface area contributed by atoms with Gasteiger partial charge in [0, 0.05) is 39.0 Å². The summed E-state index contributed by atoms with van der Waals surface area (Å²) < 4.78 is 11.5. The van der Waals surface area contributed by atoms with Crippen LogP contribution in [0.2, 0.25) is 0 Å². The number of benzene rings is 1. The van der Waals surface area contributed by atoms with Gasteiger partial charge in [0.2, 0.25) is 0 Å². The first-order valence-corrected chi connectivity index (χ1v) is 10.9. The molecule has 1 amide bonds. The SMILES string of the molecule is Cn1ccn2ncc(C(=O)N3CCC4(CC3)CC(Cn3cnc5ccccc53)OC4=O)c12. The fraction of sp³-hybridized carbons (Fsp3) is 0.391. The predicted octanol–water partition coefficient (Wildman–Crippen LogP) is 2.26. The summed E-state index contributed by atoms with van der Waals surface area (Å²) in [5.74, 6) is -0.168. The number of amides is 1. The average molecular weight is 432 g/mol. The maximum atomic E-state index is 13.1. The minimum absolute atomic E-state index is 0.0375. The molecule has 0 saturated carbocycles. The quantitative estimate of drug-likeness (QED) is 0.464. The molecule has 1 aromatic carbocycles. The zero-order chi connectivity index (χ0) is 21.9. The van der Waals surface area contributed by atoms with E-state index in [4.69, 9.17) is 4.74 Å². The normalized spacial score (nSPS) is 20.5. The highest BCUT2D eigenvalue weighted by Gasteiger charge is 2.51. The first-order valence-electron chi connectivity index (χ1n) is 10.9. The van der Waals surface area contributed by atoms with Crippen LogP contribution in [-0.4, -0.2) is 59.7 Å². The molecule has 1 spiro atoms. The number of esters is 1. The van der Waals surface area contributed by atoms with Crippen molar-refractivity contribution in [3.63, 3.8) is 0 Å². The van der Waals surface area contributed by atoms with E-state index in [1.165, 1.54) is 0 Å². The molecule has 3 aromatic heterocycles. The number of imidazole rings is 2. The zero-order valence-corrected chi connectivity index (χ0v) is 17.8. The molecule has 5 heterocycles. The van der Waals surface area contributed by atoms with Gasteiger partial charge in [0.25, 0.3) is 5.91 Å². The van der Waals surface area contributed by atoms with Crippen molar-refractivity contribution in [3.05, 3.63) is 54.7 Å². The number of ether oxygens (including phenoxy) is 1. The van der Waals surface area contributed by atoms with Crippen molar-refractivity contribution in [1.29, 1.82) is 0 Å². The highest BCUT2D eigenvalue weighted by atomic mass is 16.6. The van der Waals surface area contributed by atoms with E-state index in [1.54, 1.807) is 17.0 Å². The van der Waals surface area contributed by atoms with Crippen molar-refractivity contribution in [3.8, 4) is 0 Å². The maximum Gasteiger partial charge on any atom is 0.312 e. The third-order valence-electron chi connectivity index (χ3n) is 7.03. The third-order valence-corrected chi connectivity index (χ3v) is 7.03. The van der Waals surface area contributed by atoms with Crippen LogP contribution in [0, 0.1) is 5.41 Å². The number of piperidine rings is 1. The van der Waals surface area contributed by atoms with E-state index < -0.39 is 5.41 Å². The zero-order valence-electron chi connectivity index (χ0n) is 17.8. The maximum absolute atomic E-state index is 13.1. The van der Waals surface area contributed by atoms with Gasteiger partial charge >= 0.3 is 5.97 Å². The van der Waals surface area contributed by atoms with Gasteiger partial charge in [-0.1, -0.05) is 12.1 Å². The van der Waals surface area contributed by atoms with Crippen molar-refractivity contribution in [1.82, 2.24) is 28.6 Å². The Hall–Kier alpha value is -3.62. The molecule has 2 aliphatic heterocycles. The molecule has 32 heavy (non-hydrogen) atoms. The monoisotopic (exact) mass is 432 g/mol. The largest absolute Gasteiger partial charge is 0.460 e. The van der Waals surface area contributed by atoms with E-state index in [9.17, 15) is 9.59 Å². The van der Waals surface area contributed by atoms with Gasteiger partial charge < -0.3 is 18.8 Å². The summed E-state index contributed by atoms with van der Waals surface area (Å²) in [7, 11) is 1.90. The van der Waals surface area contributed by atoms with Crippen LogP contribution in [-0.2, 0) is 23.1 Å². The molecule has 2 aliphatic rings. The topological polar surface area (TPSA) is 86.7 Å². The summed E-state index contributed by atoms with van der Waals surface area (Å²) in [6, 6.07) is 7.95. The fourth-order valence-corrected chi connectivity index (χ4v) is 5.23. The Bertz CT molecular complexity index is 1340. The van der Waals surface area contributed by atoms with Crippen LogP contribution in [0.25, 0.3) is 16.7 Å². The molecule has 9 nitrogen and oxygen atoms in total. The number of aryl methyl sites for hydroxylation is 1. The molecule has 0 radical (unpaired) electrons. The minimum Gasteiger partial charge on any atom is -0.460 e. The van der Waals surface area contributed by atoms with Crippen LogP contribution in [0.3, 0.4) is 0 Å². The number of carbonyl (C=O) groups is 2. The molecule has 1 unspecified atom stereocenters. The second-order valence-corrected chi connectivity index (χ2v) is 8.93. The predicted molar refractivity (Wildman–Crippen MR) is 116 cm³/mol.